The molecule has 2 aromatic rings. The molecule has 0 aliphatic carbocycles. The van der Waals surface area contributed by atoms with Crippen LogP contribution in [-0.4, -0.2) is 47.7 Å². The summed E-state index contributed by atoms with van der Waals surface area (Å²) in [7, 11) is -4.26. The highest BCUT2D eigenvalue weighted by atomic mass is 32.2. The van der Waals surface area contributed by atoms with Crippen LogP contribution in [0.1, 0.15) is 16.8 Å². The van der Waals surface area contributed by atoms with Crippen molar-refractivity contribution in [2.75, 3.05) is 13.2 Å². The highest BCUT2D eigenvalue weighted by Crippen LogP contribution is 2.31. The summed E-state index contributed by atoms with van der Waals surface area (Å²) in [6.07, 6.45) is 5.20. The lowest BCUT2D eigenvalue weighted by molar-refractivity contribution is -0.387. The van der Waals surface area contributed by atoms with Crippen molar-refractivity contribution in [2.45, 2.75) is 17.4 Å². The third kappa shape index (κ3) is 5.35. The molecule has 3 rings (SSSR count). The third-order valence-electron chi connectivity index (χ3n) is 5.19. The van der Waals surface area contributed by atoms with Crippen molar-refractivity contribution >= 4 is 27.4 Å². The zero-order valence-electron chi connectivity index (χ0n) is 17.8. The van der Waals surface area contributed by atoms with Crippen molar-refractivity contribution < 1.29 is 27.8 Å². The van der Waals surface area contributed by atoms with Gasteiger partial charge in [-0.3, -0.25) is 20.2 Å². The Bertz CT molecular complexity index is 1240. The number of nitrogens with zero attached hydrogens (tertiary/aromatic N) is 3. The van der Waals surface area contributed by atoms with Crippen LogP contribution in [0.25, 0.3) is 0 Å². The molecule has 0 N–H and O–H groups in total. The molecule has 0 fully saturated rings. The van der Waals surface area contributed by atoms with Crippen molar-refractivity contribution in [3.8, 4) is 0 Å². The van der Waals surface area contributed by atoms with Crippen molar-refractivity contribution in [3.63, 3.8) is 0 Å². The van der Waals surface area contributed by atoms with Gasteiger partial charge < -0.3 is 4.74 Å². The Hall–Kier alpha value is -3.90. The average Bonchev–Trinajstić information content (AvgIpc) is 2.83. The summed E-state index contributed by atoms with van der Waals surface area (Å²) >= 11 is 0. The molecule has 12 heteroatoms. The Kier molecular flexibility index (Phi) is 7.54. The van der Waals surface area contributed by atoms with Crippen LogP contribution < -0.4 is 0 Å². The third-order valence-corrected chi connectivity index (χ3v) is 7.13. The van der Waals surface area contributed by atoms with Gasteiger partial charge in [0.2, 0.25) is 10.0 Å². The molecule has 0 bridgehead atoms. The maximum atomic E-state index is 13.4. The van der Waals surface area contributed by atoms with E-state index in [0.717, 1.165) is 10.4 Å². The quantitative estimate of drug-likeness (QED) is 0.226. The van der Waals surface area contributed by atoms with Gasteiger partial charge in [-0.2, -0.15) is 4.31 Å². The van der Waals surface area contributed by atoms with Gasteiger partial charge in [0.05, 0.1) is 22.0 Å². The minimum atomic E-state index is -4.26. The Morgan fingerprint density at radius 3 is 2.38 bits per heavy atom. The molecule has 0 unspecified atom stereocenters. The molecule has 0 radical (unpaired) electrons. The molecule has 0 spiro atoms. The van der Waals surface area contributed by atoms with Crippen molar-refractivity contribution in [3.05, 3.63) is 99.1 Å². The minimum Gasteiger partial charge on any atom is -0.461 e. The second-order valence-electron chi connectivity index (χ2n) is 7.44. The standard InChI is InChI=1S/C22H21N3O8S/c1-2-5-18-11-8-16(15-33-22(26)17-9-12-19(13-10-17)24(27)28)14-23(18)34(31,32)21-7-4-3-6-20(21)25(29)30/h2-4,6-13,16,18H,1,5,14-15H2/t16-,18-/m1/s1. The van der Waals surface area contributed by atoms with Crippen LogP contribution in [0.5, 0.6) is 0 Å². The molecular formula is C22H21N3O8S. The molecule has 0 aromatic heterocycles. The van der Waals surface area contributed by atoms with Crippen LogP contribution in [0.4, 0.5) is 11.4 Å². The van der Waals surface area contributed by atoms with Crippen LogP contribution in [0.2, 0.25) is 0 Å². The predicted molar refractivity (Wildman–Crippen MR) is 122 cm³/mol. The summed E-state index contributed by atoms with van der Waals surface area (Å²) in [6.45, 7) is 3.41. The maximum absolute atomic E-state index is 13.4. The second kappa shape index (κ2) is 10.4. The first-order valence-corrected chi connectivity index (χ1v) is 11.5. The first-order chi connectivity index (χ1) is 16.1. The van der Waals surface area contributed by atoms with E-state index < -0.39 is 48.4 Å². The number of nitro groups is 2. The van der Waals surface area contributed by atoms with Gasteiger partial charge in [0.25, 0.3) is 11.4 Å². The predicted octanol–water partition coefficient (Wildman–Crippen LogP) is 3.48. The molecule has 178 valence electrons. The lowest BCUT2D eigenvalue weighted by atomic mass is 10.0. The number of hydrogen-bond donors (Lipinski definition) is 0. The van der Waals surface area contributed by atoms with Crippen molar-refractivity contribution in [1.82, 2.24) is 4.31 Å². The first kappa shape index (κ1) is 24.7. The summed E-state index contributed by atoms with van der Waals surface area (Å²) < 4.78 is 33.2. The number of hydrogen-bond acceptors (Lipinski definition) is 8. The molecule has 1 heterocycles. The lowest BCUT2D eigenvalue weighted by Gasteiger charge is -2.34. The van der Waals surface area contributed by atoms with E-state index in [0.29, 0.717) is 0 Å². The maximum Gasteiger partial charge on any atom is 0.338 e. The molecule has 0 saturated heterocycles. The fourth-order valence-electron chi connectivity index (χ4n) is 3.50. The van der Waals surface area contributed by atoms with Gasteiger partial charge in [-0.1, -0.05) is 30.4 Å². The largest absolute Gasteiger partial charge is 0.461 e. The van der Waals surface area contributed by atoms with Crippen LogP contribution in [0, 0.1) is 26.1 Å². The Morgan fingerprint density at radius 2 is 1.76 bits per heavy atom. The molecule has 1 aliphatic heterocycles. The van der Waals surface area contributed by atoms with E-state index in [1.165, 1.54) is 42.5 Å². The van der Waals surface area contributed by atoms with E-state index in [1.54, 1.807) is 18.2 Å². The fourth-order valence-corrected chi connectivity index (χ4v) is 5.31. The van der Waals surface area contributed by atoms with E-state index in [2.05, 4.69) is 6.58 Å². The first-order valence-electron chi connectivity index (χ1n) is 10.1. The number of ether oxygens (including phenoxy) is 1. The highest BCUT2D eigenvalue weighted by Gasteiger charge is 2.37. The van der Waals surface area contributed by atoms with Crippen LogP contribution >= 0.6 is 0 Å². The summed E-state index contributed by atoms with van der Waals surface area (Å²) in [5, 5.41) is 22.1. The average molecular weight is 487 g/mol. The van der Waals surface area contributed by atoms with E-state index in [4.69, 9.17) is 4.74 Å². The van der Waals surface area contributed by atoms with Gasteiger partial charge in [-0.25, -0.2) is 13.2 Å². The Balaban J connectivity index is 1.79. The zero-order valence-corrected chi connectivity index (χ0v) is 18.7. The molecule has 2 atom stereocenters. The molecule has 0 saturated carbocycles. The minimum absolute atomic E-state index is 0.0725. The molecule has 11 nitrogen and oxygen atoms in total. The van der Waals surface area contributed by atoms with Gasteiger partial charge in [0, 0.05) is 36.7 Å². The van der Waals surface area contributed by atoms with Crippen molar-refractivity contribution in [2.24, 2.45) is 5.92 Å². The summed E-state index contributed by atoms with van der Waals surface area (Å²) in [4.78, 5) is 32.7. The van der Waals surface area contributed by atoms with E-state index in [9.17, 15) is 33.4 Å². The molecule has 0 amide bonds. The van der Waals surface area contributed by atoms with Crippen LogP contribution in [0.15, 0.2) is 78.2 Å². The van der Waals surface area contributed by atoms with Crippen molar-refractivity contribution in [1.29, 1.82) is 0 Å². The number of carbonyl (C=O) groups is 1. The lowest BCUT2D eigenvalue weighted by Crippen LogP contribution is -2.45. The van der Waals surface area contributed by atoms with Crippen LogP contribution in [-0.2, 0) is 14.8 Å². The smallest absolute Gasteiger partial charge is 0.338 e. The highest BCUT2D eigenvalue weighted by molar-refractivity contribution is 7.89. The number of benzene rings is 2. The normalized spacial score (nSPS) is 18.2. The molecule has 2 aromatic carbocycles. The number of nitro benzene ring substituents is 2. The number of para-hydroxylation sites is 1. The number of esters is 1. The molecule has 34 heavy (non-hydrogen) atoms. The van der Waals surface area contributed by atoms with Gasteiger partial charge in [0.15, 0.2) is 4.90 Å². The van der Waals surface area contributed by atoms with E-state index >= 15 is 0 Å². The number of carbonyl (C=O) groups excluding carboxylic acids is 1. The van der Waals surface area contributed by atoms with Gasteiger partial charge in [0.1, 0.15) is 0 Å². The van der Waals surface area contributed by atoms with Gasteiger partial charge in [-0.15, -0.1) is 6.58 Å². The van der Waals surface area contributed by atoms with Gasteiger partial charge >= 0.3 is 5.97 Å². The zero-order chi connectivity index (χ0) is 24.9. The van der Waals surface area contributed by atoms with Crippen LogP contribution in [0.3, 0.4) is 0 Å². The number of non-ortho nitro benzene ring substituents is 1. The number of sulfonamides is 1. The molecular weight excluding hydrogens is 466 g/mol. The van der Waals surface area contributed by atoms with E-state index in [1.807, 2.05) is 0 Å². The fraction of sp³-hybridized carbons (Fsp3) is 0.227. The SMILES string of the molecule is C=CC[C@@H]1C=C[C@@H](COC(=O)c2ccc([N+](=O)[O-])cc2)CN1S(=O)(=O)c1ccccc1[N+](=O)[O-]. The number of rotatable bonds is 9. The Morgan fingerprint density at radius 1 is 1.09 bits per heavy atom. The van der Waals surface area contributed by atoms with Gasteiger partial charge in [-0.05, 0) is 24.6 Å². The summed E-state index contributed by atoms with van der Waals surface area (Å²) in [5.74, 6) is -1.23. The monoisotopic (exact) mass is 487 g/mol. The van der Waals surface area contributed by atoms with E-state index in [-0.39, 0.29) is 30.8 Å². The summed E-state index contributed by atoms with van der Waals surface area (Å²) in [5.41, 5.74) is -0.592. The summed E-state index contributed by atoms with van der Waals surface area (Å²) in [6, 6.07) is 9.38. The topological polar surface area (TPSA) is 150 Å². The second-order valence-corrected chi connectivity index (χ2v) is 9.30. The molecule has 1 aliphatic rings. The Labute approximate surface area is 195 Å².